The Bertz CT molecular complexity index is 649. The van der Waals surface area contributed by atoms with Crippen LogP contribution in [0.25, 0.3) is 11.6 Å². The zero-order valence-corrected chi connectivity index (χ0v) is 10.7. The van der Waals surface area contributed by atoms with E-state index < -0.39 is 0 Å². The maximum absolute atomic E-state index is 6.13. The van der Waals surface area contributed by atoms with Crippen LogP contribution in [0, 0.1) is 0 Å². The van der Waals surface area contributed by atoms with Crippen LogP contribution >= 0.6 is 0 Å². The van der Waals surface area contributed by atoms with Gasteiger partial charge in [0.05, 0.1) is 0 Å². The zero-order valence-electron chi connectivity index (χ0n) is 10.7. The van der Waals surface area contributed by atoms with E-state index in [1.54, 1.807) is 0 Å². The van der Waals surface area contributed by atoms with Gasteiger partial charge in [-0.3, -0.25) is 5.10 Å². The minimum absolute atomic E-state index is 0.0446. The Morgan fingerprint density at radius 3 is 2.85 bits per heavy atom. The zero-order chi connectivity index (χ0) is 13.8. The molecule has 2 heterocycles. The van der Waals surface area contributed by atoms with Gasteiger partial charge in [0.25, 0.3) is 0 Å². The van der Waals surface area contributed by atoms with Gasteiger partial charge in [-0.1, -0.05) is 35.5 Å². The summed E-state index contributed by atoms with van der Waals surface area (Å²) in [7, 11) is 0. The molecule has 102 valence electrons. The van der Waals surface area contributed by atoms with E-state index in [0.717, 1.165) is 12.0 Å². The predicted molar refractivity (Wildman–Crippen MR) is 71.4 cm³/mol. The molecule has 0 amide bonds. The molecule has 0 saturated heterocycles. The first-order valence-corrected chi connectivity index (χ1v) is 6.32. The molecule has 0 spiro atoms. The summed E-state index contributed by atoms with van der Waals surface area (Å²) >= 11 is 0. The monoisotopic (exact) mass is 270 g/mol. The summed E-state index contributed by atoms with van der Waals surface area (Å²) in [5.41, 5.74) is 7.23. The van der Waals surface area contributed by atoms with Crippen molar-refractivity contribution in [1.29, 1.82) is 0 Å². The van der Waals surface area contributed by atoms with E-state index in [9.17, 15) is 0 Å². The lowest BCUT2D eigenvalue weighted by atomic mass is 10.0. The maximum atomic E-state index is 6.13. The van der Waals surface area contributed by atoms with Crippen LogP contribution in [-0.4, -0.2) is 25.3 Å². The number of benzene rings is 1. The molecule has 3 N–H and O–H groups in total. The highest BCUT2D eigenvalue weighted by atomic mass is 16.5. The number of aromatic nitrogens is 5. The predicted octanol–water partition coefficient (Wildman–Crippen LogP) is 1.49. The van der Waals surface area contributed by atoms with Crippen LogP contribution in [0.1, 0.15) is 23.9 Å². The number of nitrogens with one attached hydrogen (secondary N) is 1. The SMILES string of the molecule is NC(CCc1nc(-c2ncn[nH]2)no1)c1ccccc1. The van der Waals surface area contributed by atoms with E-state index in [0.29, 0.717) is 24.0 Å². The highest BCUT2D eigenvalue weighted by Crippen LogP contribution is 2.17. The van der Waals surface area contributed by atoms with Crippen LogP contribution < -0.4 is 5.73 Å². The summed E-state index contributed by atoms with van der Waals surface area (Å²) in [5, 5.41) is 10.3. The molecular weight excluding hydrogens is 256 g/mol. The number of aryl methyl sites for hydroxylation is 1. The van der Waals surface area contributed by atoms with Crippen LogP contribution in [0.15, 0.2) is 41.2 Å². The topological polar surface area (TPSA) is 107 Å². The Morgan fingerprint density at radius 2 is 2.10 bits per heavy atom. The fourth-order valence-electron chi connectivity index (χ4n) is 1.91. The fraction of sp³-hybridized carbons (Fsp3) is 0.231. The number of rotatable bonds is 5. The van der Waals surface area contributed by atoms with Crippen molar-refractivity contribution in [1.82, 2.24) is 25.3 Å². The summed E-state index contributed by atoms with van der Waals surface area (Å²) in [4.78, 5) is 8.22. The van der Waals surface area contributed by atoms with Crippen molar-refractivity contribution >= 4 is 0 Å². The van der Waals surface area contributed by atoms with Crippen molar-refractivity contribution in [3.8, 4) is 11.6 Å². The van der Waals surface area contributed by atoms with Crippen molar-refractivity contribution < 1.29 is 4.52 Å². The van der Waals surface area contributed by atoms with E-state index >= 15 is 0 Å². The summed E-state index contributed by atoms with van der Waals surface area (Å²) < 4.78 is 5.17. The number of aromatic amines is 1. The third-order valence-corrected chi connectivity index (χ3v) is 2.99. The minimum atomic E-state index is -0.0446. The smallest absolute Gasteiger partial charge is 0.239 e. The molecule has 0 saturated carbocycles. The van der Waals surface area contributed by atoms with Gasteiger partial charge in [-0.15, -0.1) is 0 Å². The highest BCUT2D eigenvalue weighted by Gasteiger charge is 2.12. The van der Waals surface area contributed by atoms with E-state index in [4.69, 9.17) is 10.3 Å². The molecule has 3 rings (SSSR count). The van der Waals surface area contributed by atoms with Crippen LogP contribution in [0.5, 0.6) is 0 Å². The van der Waals surface area contributed by atoms with E-state index in [1.807, 2.05) is 30.3 Å². The molecule has 7 heteroatoms. The Kier molecular flexibility index (Phi) is 3.51. The van der Waals surface area contributed by atoms with Gasteiger partial charge in [0.1, 0.15) is 6.33 Å². The van der Waals surface area contributed by atoms with Crippen molar-refractivity contribution in [3.05, 3.63) is 48.1 Å². The van der Waals surface area contributed by atoms with E-state index in [-0.39, 0.29) is 6.04 Å². The second kappa shape index (κ2) is 5.62. The molecule has 0 aliphatic rings. The third-order valence-electron chi connectivity index (χ3n) is 2.99. The number of H-pyrrole nitrogens is 1. The lowest BCUT2D eigenvalue weighted by Crippen LogP contribution is -2.11. The summed E-state index contributed by atoms with van der Waals surface area (Å²) in [6.07, 6.45) is 2.76. The van der Waals surface area contributed by atoms with Gasteiger partial charge in [0.2, 0.25) is 11.7 Å². The molecule has 1 atom stereocenters. The van der Waals surface area contributed by atoms with Crippen molar-refractivity contribution in [3.63, 3.8) is 0 Å². The molecule has 2 aromatic heterocycles. The first kappa shape index (κ1) is 12.5. The molecule has 20 heavy (non-hydrogen) atoms. The lowest BCUT2D eigenvalue weighted by Gasteiger charge is -2.09. The van der Waals surface area contributed by atoms with E-state index in [2.05, 4.69) is 25.3 Å². The Hall–Kier alpha value is -2.54. The van der Waals surface area contributed by atoms with Crippen LogP contribution in [0.2, 0.25) is 0 Å². The van der Waals surface area contributed by atoms with Crippen molar-refractivity contribution in [2.75, 3.05) is 0 Å². The van der Waals surface area contributed by atoms with Crippen LogP contribution in [0.3, 0.4) is 0 Å². The van der Waals surface area contributed by atoms with Gasteiger partial charge in [0, 0.05) is 12.5 Å². The Morgan fingerprint density at radius 1 is 1.25 bits per heavy atom. The van der Waals surface area contributed by atoms with E-state index in [1.165, 1.54) is 6.33 Å². The van der Waals surface area contributed by atoms with Gasteiger partial charge < -0.3 is 10.3 Å². The third kappa shape index (κ3) is 2.72. The second-order valence-corrected chi connectivity index (χ2v) is 4.40. The molecular formula is C13H14N6O. The summed E-state index contributed by atoms with van der Waals surface area (Å²) in [6.45, 7) is 0. The minimum Gasteiger partial charge on any atom is -0.339 e. The maximum Gasteiger partial charge on any atom is 0.239 e. The quantitative estimate of drug-likeness (QED) is 0.727. The van der Waals surface area contributed by atoms with Crippen molar-refractivity contribution in [2.24, 2.45) is 5.73 Å². The molecule has 1 unspecified atom stereocenters. The summed E-state index contributed by atoms with van der Waals surface area (Å²) in [6, 6.07) is 9.90. The normalized spacial score (nSPS) is 12.4. The average Bonchev–Trinajstić information content (AvgIpc) is 3.16. The molecule has 7 nitrogen and oxygen atoms in total. The first-order valence-electron chi connectivity index (χ1n) is 6.32. The highest BCUT2D eigenvalue weighted by molar-refractivity contribution is 5.39. The number of hydrogen-bond acceptors (Lipinski definition) is 6. The average molecular weight is 270 g/mol. The molecule has 0 bridgehead atoms. The lowest BCUT2D eigenvalue weighted by molar-refractivity contribution is 0.371. The second-order valence-electron chi connectivity index (χ2n) is 4.40. The van der Waals surface area contributed by atoms with Crippen LogP contribution in [0.4, 0.5) is 0 Å². The number of hydrogen-bond donors (Lipinski definition) is 2. The molecule has 1 aromatic carbocycles. The van der Waals surface area contributed by atoms with Gasteiger partial charge in [0.15, 0.2) is 5.82 Å². The van der Waals surface area contributed by atoms with Gasteiger partial charge >= 0.3 is 0 Å². The van der Waals surface area contributed by atoms with Crippen LogP contribution in [-0.2, 0) is 6.42 Å². The summed E-state index contributed by atoms with van der Waals surface area (Å²) in [5.74, 6) is 1.45. The molecule has 0 radical (unpaired) electrons. The standard InChI is InChI=1S/C13H14N6O/c14-10(9-4-2-1-3-5-9)6-7-11-17-13(19-20-11)12-15-8-16-18-12/h1-5,8,10H,6-7,14H2,(H,15,16,18). The number of nitrogens with two attached hydrogens (primary N) is 1. The number of nitrogens with zero attached hydrogens (tertiary/aromatic N) is 4. The molecule has 0 fully saturated rings. The molecule has 0 aliphatic heterocycles. The Labute approximate surface area is 115 Å². The Balaban J connectivity index is 1.62. The van der Waals surface area contributed by atoms with Gasteiger partial charge in [-0.25, -0.2) is 4.98 Å². The fourth-order valence-corrected chi connectivity index (χ4v) is 1.91. The van der Waals surface area contributed by atoms with Gasteiger partial charge in [-0.05, 0) is 12.0 Å². The van der Waals surface area contributed by atoms with Crippen molar-refractivity contribution in [2.45, 2.75) is 18.9 Å². The van der Waals surface area contributed by atoms with Gasteiger partial charge in [-0.2, -0.15) is 10.1 Å². The molecule has 3 aromatic rings. The first-order chi connectivity index (χ1) is 9.83. The largest absolute Gasteiger partial charge is 0.339 e. The molecule has 0 aliphatic carbocycles.